The van der Waals surface area contributed by atoms with E-state index in [4.69, 9.17) is 4.74 Å². The summed E-state index contributed by atoms with van der Waals surface area (Å²) in [5.74, 6) is 1.62. The van der Waals surface area contributed by atoms with Crippen LogP contribution in [-0.2, 0) is 4.79 Å². The van der Waals surface area contributed by atoms with E-state index in [1.54, 1.807) is 36.4 Å². The predicted molar refractivity (Wildman–Crippen MR) is 106 cm³/mol. The van der Waals surface area contributed by atoms with Gasteiger partial charge in [0.1, 0.15) is 11.5 Å². The second-order valence-electron chi connectivity index (χ2n) is 6.33. The van der Waals surface area contributed by atoms with Crippen LogP contribution in [0.15, 0.2) is 48.5 Å². The van der Waals surface area contributed by atoms with Crippen LogP contribution in [0, 0.1) is 16.0 Å². The van der Waals surface area contributed by atoms with E-state index in [0.717, 1.165) is 25.9 Å². The van der Waals surface area contributed by atoms with Gasteiger partial charge in [-0.1, -0.05) is 6.07 Å². The van der Waals surface area contributed by atoms with Gasteiger partial charge in [-0.15, -0.1) is 12.4 Å². The predicted octanol–water partition coefficient (Wildman–Crippen LogP) is 4.14. The molecule has 1 unspecified atom stereocenters. The van der Waals surface area contributed by atoms with Crippen LogP contribution in [-0.4, -0.2) is 23.9 Å². The van der Waals surface area contributed by atoms with Crippen LogP contribution in [0.4, 0.5) is 11.4 Å². The topological polar surface area (TPSA) is 93.5 Å². The lowest BCUT2D eigenvalue weighted by Crippen LogP contribution is -2.15. The van der Waals surface area contributed by atoms with Crippen molar-refractivity contribution in [2.75, 3.05) is 18.4 Å². The molecule has 1 saturated heterocycles. The van der Waals surface area contributed by atoms with Gasteiger partial charge in [-0.05, 0) is 56.1 Å². The summed E-state index contributed by atoms with van der Waals surface area (Å²) in [4.78, 5) is 22.3. The highest BCUT2D eigenvalue weighted by molar-refractivity contribution is 5.90. The number of hydrogen-bond donors (Lipinski definition) is 2. The molecule has 1 atom stereocenters. The highest BCUT2D eigenvalue weighted by Crippen LogP contribution is 2.26. The molecule has 0 radical (unpaired) electrons. The summed E-state index contributed by atoms with van der Waals surface area (Å²) in [6, 6.07) is 12.9. The summed E-state index contributed by atoms with van der Waals surface area (Å²) in [5.41, 5.74) is 0.676. The number of carbonyl (C=O) groups excluding carboxylic acids is 1. The van der Waals surface area contributed by atoms with E-state index < -0.39 is 4.92 Å². The number of nitro groups is 1. The SMILES string of the molecule is Cl.O=C(CCC1CCNC1)Nc1cccc(Oc2ccc([N+](=O)[O-])cc2)c1. The first-order valence-electron chi connectivity index (χ1n) is 8.63. The Morgan fingerprint density at radius 2 is 2.00 bits per heavy atom. The zero-order chi connectivity index (χ0) is 18.4. The molecule has 2 aromatic rings. The van der Waals surface area contributed by atoms with Crippen molar-refractivity contribution < 1.29 is 14.5 Å². The van der Waals surface area contributed by atoms with Crippen LogP contribution >= 0.6 is 12.4 Å². The largest absolute Gasteiger partial charge is 0.457 e. The average Bonchev–Trinajstić information content (AvgIpc) is 3.14. The lowest BCUT2D eigenvalue weighted by atomic mass is 10.0. The van der Waals surface area contributed by atoms with Crippen molar-refractivity contribution in [3.05, 3.63) is 58.6 Å². The monoisotopic (exact) mass is 391 g/mol. The van der Waals surface area contributed by atoms with E-state index in [2.05, 4.69) is 10.6 Å². The van der Waals surface area contributed by atoms with Crippen LogP contribution in [0.5, 0.6) is 11.5 Å². The highest BCUT2D eigenvalue weighted by atomic mass is 35.5. The van der Waals surface area contributed by atoms with Crippen molar-refractivity contribution in [1.82, 2.24) is 5.32 Å². The van der Waals surface area contributed by atoms with Gasteiger partial charge < -0.3 is 15.4 Å². The third kappa shape index (κ3) is 6.23. The van der Waals surface area contributed by atoms with Crippen LogP contribution < -0.4 is 15.4 Å². The molecular weight excluding hydrogens is 370 g/mol. The molecule has 144 valence electrons. The van der Waals surface area contributed by atoms with E-state index >= 15 is 0 Å². The van der Waals surface area contributed by atoms with Crippen molar-refractivity contribution in [1.29, 1.82) is 0 Å². The second kappa shape index (κ2) is 9.89. The quantitative estimate of drug-likeness (QED) is 0.546. The average molecular weight is 392 g/mol. The van der Waals surface area contributed by atoms with Crippen molar-refractivity contribution in [2.45, 2.75) is 19.3 Å². The fraction of sp³-hybridized carbons (Fsp3) is 0.316. The summed E-state index contributed by atoms with van der Waals surface area (Å²) in [7, 11) is 0. The first kappa shape index (κ1) is 20.7. The van der Waals surface area contributed by atoms with Crippen LogP contribution in [0.25, 0.3) is 0 Å². The number of ether oxygens (including phenoxy) is 1. The number of amides is 1. The molecule has 2 N–H and O–H groups in total. The summed E-state index contributed by atoms with van der Waals surface area (Å²) < 4.78 is 5.69. The summed E-state index contributed by atoms with van der Waals surface area (Å²) in [5, 5.41) is 16.9. The molecule has 1 amide bonds. The van der Waals surface area contributed by atoms with Crippen molar-refractivity contribution in [2.24, 2.45) is 5.92 Å². The maximum Gasteiger partial charge on any atom is 0.269 e. The van der Waals surface area contributed by atoms with E-state index in [-0.39, 0.29) is 24.0 Å². The lowest BCUT2D eigenvalue weighted by Gasteiger charge is -2.10. The third-order valence-electron chi connectivity index (χ3n) is 4.34. The molecule has 1 fully saturated rings. The molecule has 1 aliphatic heterocycles. The van der Waals surface area contributed by atoms with Gasteiger partial charge in [0.25, 0.3) is 5.69 Å². The lowest BCUT2D eigenvalue weighted by molar-refractivity contribution is -0.384. The normalized spacial score (nSPS) is 15.6. The maximum atomic E-state index is 12.1. The molecular formula is C19H22ClN3O4. The molecule has 0 saturated carbocycles. The summed E-state index contributed by atoms with van der Waals surface area (Å²) in [6.07, 6.45) is 2.52. The van der Waals surface area contributed by atoms with Crippen molar-refractivity contribution in [3.63, 3.8) is 0 Å². The maximum absolute atomic E-state index is 12.1. The van der Waals surface area contributed by atoms with Gasteiger partial charge in [-0.2, -0.15) is 0 Å². The van der Waals surface area contributed by atoms with Crippen molar-refractivity contribution in [3.8, 4) is 11.5 Å². The molecule has 0 spiro atoms. The van der Waals surface area contributed by atoms with Gasteiger partial charge >= 0.3 is 0 Å². The van der Waals surface area contributed by atoms with Gasteiger partial charge in [-0.25, -0.2) is 0 Å². The minimum atomic E-state index is -0.457. The molecule has 3 rings (SSSR count). The Balaban J connectivity index is 0.00000261. The Morgan fingerprint density at radius 3 is 2.67 bits per heavy atom. The van der Waals surface area contributed by atoms with Crippen LogP contribution in [0.3, 0.4) is 0 Å². The zero-order valence-corrected chi connectivity index (χ0v) is 15.5. The summed E-state index contributed by atoms with van der Waals surface area (Å²) in [6.45, 7) is 2.03. The molecule has 0 aliphatic carbocycles. The van der Waals surface area contributed by atoms with Crippen LogP contribution in [0.1, 0.15) is 19.3 Å². The number of halogens is 1. The number of carbonyl (C=O) groups is 1. The first-order chi connectivity index (χ1) is 12.6. The molecule has 1 aliphatic rings. The minimum Gasteiger partial charge on any atom is -0.457 e. The number of nitrogens with one attached hydrogen (secondary N) is 2. The molecule has 27 heavy (non-hydrogen) atoms. The van der Waals surface area contributed by atoms with Crippen LogP contribution in [0.2, 0.25) is 0 Å². The van der Waals surface area contributed by atoms with Gasteiger partial charge in [0.2, 0.25) is 5.91 Å². The molecule has 8 heteroatoms. The highest BCUT2D eigenvalue weighted by Gasteiger charge is 2.15. The minimum absolute atomic E-state index is 0. The molecule has 0 aromatic heterocycles. The van der Waals surface area contributed by atoms with Gasteiger partial charge in [0.15, 0.2) is 0 Å². The number of nitrogens with zero attached hydrogens (tertiary/aromatic N) is 1. The van der Waals surface area contributed by atoms with E-state index in [1.807, 2.05) is 0 Å². The number of nitro benzene ring substituents is 1. The summed E-state index contributed by atoms with van der Waals surface area (Å²) >= 11 is 0. The Morgan fingerprint density at radius 1 is 1.22 bits per heavy atom. The Bertz CT molecular complexity index is 777. The first-order valence-corrected chi connectivity index (χ1v) is 8.63. The third-order valence-corrected chi connectivity index (χ3v) is 4.34. The fourth-order valence-corrected chi connectivity index (χ4v) is 2.93. The Labute approximate surface area is 163 Å². The molecule has 1 heterocycles. The van der Waals surface area contributed by atoms with E-state index in [9.17, 15) is 14.9 Å². The number of anilines is 1. The number of non-ortho nitro benzene ring substituents is 1. The van der Waals surface area contributed by atoms with Gasteiger partial charge in [0, 0.05) is 30.3 Å². The molecule has 7 nitrogen and oxygen atoms in total. The number of rotatable bonds is 7. The second-order valence-corrected chi connectivity index (χ2v) is 6.33. The van der Waals surface area contributed by atoms with Gasteiger partial charge in [-0.3, -0.25) is 14.9 Å². The van der Waals surface area contributed by atoms with Gasteiger partial charge in [0.05, 0.1) is 4.92 Å². The Hall–Kier alpha value is -2.64. The Kier molecular flexibility index (Phi) is 7.57. The number of benzene rings is 2. The molecule has 0 bridgehead atoms. The smallest absolute Gasteiger partial charge is 0.269 e. The molecule has 2 aromatic carbocycles. The number of hydrogen-bond acceptors (Lipinski definition) is 5. The standard InChI is InChI=1S/C19H21N3O4.ClH/c23-19(9-4-14-10-11-20-13-14)21-15-2-1-3-18(12-15)26-17-7-5-16(6-8-17)22(24)25;/h1-3,5-8,12,14,20H,4,9-11,13H2,(H,21,23);1H. The van der Waals surface area contributed by atoms with E-state index in [0.29, 0.717) is 29.5 Å². The van der Waals surface area contributed by atoms with E-state index in [1.165, 1.54) is 12.1 Å². The fourth-order valence-electron chi connectivity index (χ4n) is 2.93. The van der Waals surface area contributed by atoms with Crippen molar-refractivity contribution >= 4 is 29.7 Å². The zero-order valence-electron chi connectivity index (χ0n) is 14.7.